The molecule has 0 heterocycles. The van der Waals surface area contributed by atoms with Gasteiger partial charge >= 0.3 is 12.6 Å². The lowest BCUT2D eigenvalue weighted by molar-refractivity contribution is -0.384. The van der Waals surface area contributed by atoms with Gasteiger partial charge in [0.15, 0.2) is 6.10 Å². The lowest BCUT2D eigenvalue weighted by Gasteiger charge is -2.16. The van der Waals surface area contributed by atoms with Crippen LogP contribution in [0.4, 0.5) is 20.2 Å². The van der Waals surface area contributed by atoms with Crippen LogP contribution in [-0.4, -0.2) is 36.6 Å². The summed E-state index contributed by atoms with van der Waals surface area (Å²) in [7, 11) is 1.26. The molecule has 0 saturated carbocycles. The molecule has 1 atom stereocenters. The van der Waals surface area contributed by atoms with Crippen LogP contribution in [0.25, 0.3) is 0 Å². The van der Waals surface area contributed by atoms with Crippen molar-refractivity contribution in [2.75, 3.05) is 12.4 Å². The summed E-state index contributed by atoms with van der Waals surface area (Å²) in [6.45, 7) is -1.87. The maximum absolute atomic E-state index is 12.5. The molecule has 0 radical (unpaired) electrons. The van der Waals surface area contributed by atoms with Gasteiger partial charge in [-0.25, -0.2) is 4.79 Å². The number of benzene rings is 2. The lowest BCUT2D eigenvalue weighted by atomic mass is 10.2. The van der Waals surface area contributed by atoms with Gasteiger partial charge in [-0.3, -0.25) is 14.9 Å². The monoisotopic (exact) mass is 410 g/mol. The largest absolute Gasteiger partial charge is 0.494 e. The number of rotatable bonds is 8. The highest BCUT2D eigenvalue weighted by Crippen LogP contribution is 2.29. The number of carbonyl (C=O) groups excluding carboxylic acids is 2. The van der Waals surface area contributed by atoms with Gasteiger partial charge in [0.1, 0.15) is 17.1 Å². The summed E-state index contributed by atoms with van der Waals surface area (Å²) < 4.78 is 39.2. The van der Waals surface area contributed by atoms with E-state index in [1.54, 1.807) is 0 Å². The number of anilines is 1. The molecule has 0 bridgehead atoms. The van der Waals surface area contributed by atoms with E-state index in [0.717, 1.165) is 18.2 Å². The zero-order valence-corrected chi connectivity index (χ0v) is 15.3. The Morgan fingerprint density at radius 1 is 1.14 bits per heavy atom. The number of hydrogen-bond acceptors (Lipinski definition) is 7. The molecule has 154 valence electrons. The number of nitrogens with one attached hydrogen (secondary N) is 1. The van der Waals surface area contributed by atoms with Crippen LogP contribution in [0.2, 0.25) is 0 Å². The molecule has 2 aromatic carbocycles. The van der Waals surface area contributed by atoms with Crippen LogP contribution in [0, 0.1) is 10.1 Å². The van der Waals surface area contributed by atoms with Crippen molar-refractivity contribution in [3.05, 3.63) is 58.1 Å². The zero-order valence-electron chi connectivity index (χ0n) is 15.3. The van der Waals surface area contributed by atoms with Crippen molar-refractivity contribution in [3.63, 3.8) is 0 Å². The summed E-state index contributed by atoms with van der Waals surface area (Å²) in [5.74, 6) is -2.17. The summed E-state index contributed by atoms with van der Waals surface area (Å²) in [4.78, 5) is 34.7. The number of hydrogen-bond donors (Lipinski definition) is 1. The normalized spacial score (nSPS) is 11.5. The maximum atomic E-state index is 12.5. The first-order valence-electron chi connectivity index (χ1n) is 8.11. The molecule has 0 fully saturated rings. The minimum atomic E-state index is -3.14. The molecule has 2 aromatic rings. The number of methoxy groups -OCH3 is 1. The van der Waals surface area contributed by atoms with E-state index in [2.05, 4.69) is 10.1 Å². The van der Waals surface area contributed by atoms with E-state index in [9.17, 15) is 28.5 Å². The molecule has 29 heavy (non-hydrogen) atoms. The third kappa shape index (κ3) is 5.61. The molecule has 0 aliphatic heterocycles. The van der Waals surface area contributed by atoms with Gasteiger partial charge in [-0.1, -0.05) is 12.1 Å². The smallest absolute Gasteiger partial charge is 0.387 e. The lowest BCUT2D eigenvalue weighted by Crippen LogP contribution is -2.30. The third-order valence-electron chi connectivity index (χ3n) is 3.63. The molecule has 2 rings (SSSR count). The number of ether oxygens (including phenoxy) is 3. The second-order valence-electron chi connectivity index (χ2n) is 5.55. The van der Waals surface area contributed by atoms with Crippen LogP contribution in [-0.2, 0) is 9.53 Å². The number of amides is 1. The van der Waals surface area contributed by atoms with Gasteiger partial charge in [0.2, 0.25) is 0 Å². The highest BCUT2D eigenvalue weighted by molar-refractivity contribution is 5.99. The first-order valence-corrected chi connectivity index (χ1v) is 8.11. The Hall–Kier alpha value is -3.76. The van der Waals surface area contributed by atoms with Crippen molar-refractivity contribution >= 4 is 23.3 Å². The first kappa shape index (κ1) is 21.5. The summed E-state index contributed by atoms with van der Waals surface area (Å²) in [6.07, 6.45) is -1.32. The molecule has 0 spiro atoms. The van der Waals surface area contributed by atoms with Crippen molar-refractivity contribution in [1.29, 1.82) is 0 Å². The molecule has 1 amide bonds. The van der Waals surface area contributed by atoms with Gasteiger partial charge in [0.05, 0.1) is 23.8 Å². The van der Waals surface area contributed by atoms with Crippen LogP contribution in [0.15, 0.2) is 42.5 Å². The van der Waals surface area contributed by atoms with E-state index in [1.807, 2.05) is 0 Å². The number of nitro groups is 1. The average Bonchev–Trinajstić information content (AvgIpc) is 2.67. The van der Waals surface area contributed by atoms with Gasteiger partial charge < -0.3 is 19.5 Å². The predicted molar refractivity (Wildman–Crippen MR) is 96.2 cm³/mol. The number of esters is 1. The molecule has 1 N–H and O–H groups in total. The van der Waals surface area contributed by atoms with Gasteiger partial charge in [-0.2, -0.15) is 8.78 Å². The number of halogens is 2. The highest BCUT2D eigenvalue weighted by Gasteiger charge is 2.23. The first-order chi connectivity index (χ1) is 13.7. The van der Waals surface area contributed by atoms with Gasteiger partial charge in [0.25, 0.3) is 11.6 Å². The number of non-ortho nitro benzene ring substituents is 1. The summed E-state index contributed by atoms with van der Waals surface area (Å²) >= 11 is 0. The van der Waals surface area contributed by atoms with Crippen LogP contribution in [0.1, 0.15) is 17.3 Å². The number of para-hydroxylation sites is 1. The van der Waals surface area contributed by atoms with Crippen molar-refractivity contribution in [3.8, 4) is 11.5 Å². The van der Waals surface area contributed by atoms with Crippen molar-refractivity contribution < 1.29 is 37.5 Å². The summed E-state index contributed by atoms with van der Waals surface area (Å²) in [5, 5.41) is 13.2. The van der Waals surface area contributed by atoms with Crippen molar-refractivity contribution in [2.24, 2.45) is 0 Å². The second kappa shape index (κ2) is 9.44. The van der Waals surface area contributed by atoms with E-state index >= 15 is 0 Å². The Balaban J connectivity index is 2.10. The van der Waals surface area contributed by atoms with E-state index < -0.39 is 35.3 Å². The number of nitrogens with zero attached hydrogens (tertiary/aromatic N) is 1. The Morgan fingerprint density at radius 3 is 2.45 bits per heavy atom. The van der Waals surface area contributed by atoms with Crippen molar-refractivity contribution in [1.82, 2.24) is 0 Å². The number of alkyl halides is 2. The molecule has 0 aliphatic rings. The third-order valence-corrected chi connectivity index (χ3v) is 3.63. The van der Waals surface area contributed by atoms with E-state index in [1.165, 1.54) is 38.3 Å². The fraction of sp³-hybridized carbons (Fsp3) is 0.222. The maximum Gasteiger partial charge on any atom is 0.387 e. The van der Waals surface area contributed by atoms with Crippen LogP contribution in [0.3, 0.4) is 0 Å². The second-order valence-corrected chi connectivity index (χ2v) is 5.55. The average molecular weight is 410 g/mol. The van der Waals surface area contributed by atoms with E-state index in [-0.39, 0.29) is 22.7 Å². The van der Waals surface area contributed by atoms with E-state index in [0.29, 0.717) is 0 Å². The molecule has 0 saturated heterocycles. The number of nitro benzene ring substituents is 1. The fourth-order valence-electron chi connectivity index (χ4n) is 2.24. The van der Waals surface area contributed by atoms with Gasteiger partial charge in [-0.05, 0) is 25.1 Å². The molecule has 9 nitrogen and oxygen atoms in total. The molecular formula is C18H16F2N2O7. The molecular weight excluding hydrogens is 394 g/mol. The molecule has 0 aliphatic carbocycles. The standard InChI is InChI=1S/C18H16F2N2O7/c1-10(28-17(24)12-5-3-4-6-14(12)29-18(19)20)16(23)21-13-8-7-11(22(25)26)9-15(13)27-2/h3-10,18H,1-2H3,(H,21,23)/t10-/m0/s1. The predicted octanol–water partition coefficient (Wildman–Crippen LogP) is 3.39. The van der Waals surface area contributed by atoms with Crippen LogP contribution >= 0.6 is 0 Å². The Bertz CT molecular complexity index is 921. The minimum absolute atomic E-state index is 0.0294. The molecule has 11 heteroatoms. The van der Waals surface area contributed by atoms with Crippen LogP contribution < -0.4 is 14.8 Å². The van der Waals surface area contributed by atoms with Gasteiger partial charge in [0, 0.05) is 6.07 Å². The SMILES string of the molecule is COc1cc([N+](=O)[O-])ccc1NC(=O)[C@H](C)OC(=O)c1ccccc1OC(F)F. The topological polar surface area (TPSA) is 117 Å². The molecule has 0 aromatic heterocycles. The summed E-state index contributed by atoms with van der Waals surface area (Å²) in [5.41, 5.74) is -0.400. The fourth-order valence-corrected chi connectivity index (χ4v) is 2.24. The Labute approximate surface area is 163 Å². The van der Waals surface area contributed by atoms with E-state index in [4.69, 9.17) is 9.47 Å². The summed E-state index contributed by atoms with van der Waals surface area (Å²) in [6, 6.07) is 8.72. The number of carbonyl (C=O) groups is 2. The minimum Gasteiger partial charge on any atom is -0.494 e. The Morgan fingerprint density at radius 2 is 1.83 bits per heavy atom. The van der Waals surface area contributed by atoms with Crippen LogP contribution in [0.5, 0.6) is 11.5 Å². The molecule has 0 unspecified atom stereocenters. The van der Waals surface area contributed by atoms with Gasteiger partial charge in [-0.15, -0.1) is 0 Å². The highest BCUT2D eigenvalue weighted by atomic mass is 19.3. The van der Waals surface area contributed by atoms with Crippen molar-refractivity contribution in [2.45, 2.75) is 19.6 Å². The Kier molecular flexibility index (Phi) is 7.01. The quantitative estimate of drug-likeness (QED) is 0.403. The zero-order chi connectivity index (χ0) is 21.6.